The highest BCUT2D eigenvalue weighted by Crippen LogP contribution is 2.31. The Morgan fingerprint density at radius 3 is 2.14 bits per heavy atom. The van der Waals surface area contributed by atoms with Gasteiger partial charge in [-0.05, 0) is 42.5 Å². The van der Waals surface area contributed by atoms with E-state index in [2.05, 4.69) is 10.6 Å². The minimum absolute atomic E-state index is 0.307. The minimum atomic E-state index is -4.70. The molecule has 2 amide bonds. The summed E-state index contributed by atoms with van der Waals surface area (Å²) in [6.07, 6.45) is -4.70. The van der Waals surface area contributed by atoms with Crippen molar-refractivity contribution in [1.82, 2.24) is 0 Å². The first-order chi connectivity index (χ1) is 10.2. The Kier molecular flexibility index (Phi) is 4.56. The van der Waals surface area contributed by atoms with Gasteiger partial charge >= 0.3 is 12.2 Å². The minimum Gasteiger partial charge on any atom is -0.308 e. The van der Waals surface area contributed by atoms with Crippen LogP contribution in [0.15, 0.2) is 42.5 Å². The maximum Gasteiger partial charge on any atom is 0.416 e. The van der Waals surface area contributed by atoms with Gasteiger partial charge < -0.3 is 10.6 Å². The molecule has 2 aromatic rings. The molecule has 0 saturated heterocycles. The van der Waals surface area contributed by atoms with Crippen molar-refractivity contribution in [2.24, 2.45) is 0 Å². The van der Waals surface area contributed by atoms with Crippen LogP contribution in [0.2, 0.25) is 5.02 Å². The molecule has 0 unspecified atom stereocenters. The third-order valence-electron chi connectivity index (χ3n) is 2.59. The lowest BCUT2D eigenvalue weighted by Crippen LogP contribution is -2.20. The topological polar surface area (TPSA) is 41.1 Å². The van der Waals surface area contributed by atoms with Crippen molar-refractivity contribution in [2.75, 3.05) is 10.6 Å². The van der Waals surface area contributed by atoms with E-state index in [1.165, 1.54) is 24.3 Å². The quantitative estimate of drug-likeness (QED) is 0.734. The normalized spacial score (nSPS) is 11.1. The van der Waals surface area contributed by atoms with Gasteiger partial charge in [-0.1, -0.05) is 11.6 Å². The molecule has 8 heteroatoms. The molecule has 0 spiro atoms. The van der Waals surface area contributed by atoms with E-state index in [9.17, 15) is 22.4 Å². The molecule has 0 aliphatic heterocycles. The van der Waals surface area contributed by atoms with E-state index < -0.39 is 23.6 Å². The van der Waals surface area contributed by atoms with Crippen molar-refractivity contribution in [3.05, 3.63) is 58.9 Å². The number of rotatable bonds is 2. The Labute approximate surface area is 127 Å². The number of anilines is 2. The number of benzene rings is 2. The molecule has 2 N–H and O–H groups in total. The van der Waals surface area contributed by atoms with Crippen LogP contribution in [0.25, 0.3) is 0 Å². The molecule has 0 atom stereocenters. The first-order valence-electron chi connectivity index (χ1n) is 5.95. The fourth-order valence-electron chi connectivity index (χ4n) is 1.65. The van der Waals surface area contributed by atoms with Crippen LogP contribution in [0.5, 0.6) is 0 Å². The number of alkyl halides is 3. The van der Waals surface area contributed by atoms with Crippen LogP contribution in [0.3, 0.4) is 0 Å². The number of carbonyl (C=O) groups is 1. The van der Waals surface area contributed by atoms with Crippen molar-refractivity contribution in [2.45, 2.75) is 6.18 Å². The highest BCUT2D eigenvalue weighted by atomic mass is 35.5. The van der Waals surface area contributed by atoms with Gasteiger partial charge in [-0.15, -0.1) is 0 Å². The highest BCUT2D eigenvalue weighted by molar-refractivity contribution is 6.30. The van der Waals surface area contributed by atoms with E-state index in [0.29, 0.717) is 22.8 Å². The monoisotopic (exact) mass is 332 g/mol. The summed E-state index contributed by atoms with van der Waals surface area (Å²) in [5.41, 5.74) is -1.11. The smallest absolute Gasteiger partial charge is 0.308 e. The van der Waals surface area contributed by atoms with Crippen LogP contribution < -0.4 is 10.6 Å². The number of hydrogen-bond acceptors (Lipinski definition) is 1. The summed E-state index contributed by atoms with van der Waals surface area (Å²) in [6.45, 7) is 0. The Balaban J connectivity index is 2.11. The predicted molar refractivity (Wildman–Crippen MR) is 75.5 cm³/mol. The summed E-state index contributed by atoms with van der Waals surface area (Å²) < 4.78 is 50.9. The summed E-state index contributed by atoms with van der Waals surface area (Å²) in [6, 6.07) is 7.05. The lowest BCUT2D eigenvalue weighted by Gasteiger charge is -2.11. The van der Waals surface area contributed by atoms with Gasteiger partial charge in [0.15, 0.2) is 0 Å². The molecule has 22 heavy (non-hydrogen) atoms. The molecule has 0 radical (unpaired) electrons. The standard InChI is InChI=1S/C14H9ClF4N2O/c15-9-1-3-11(4-2-9)20-13(22)21-12-6-8(14(17,18)19)5-10(16)7-12/h1-7H,(H2,20,21,22). The van der Waals surface area contributed by atoms with E-state index in [0.717, 1.165) is 6.07 Å². The van der Waals surface area contributed by atoms with Gasteiger partial charge in [-0.2, -0.15) is 13.2 Å². The number of halogens is 5. The summed E-state index contributed by atoms with van der Waals surface area (Å²) >= 11 is 5.68. The van der Waals surface area contributed by atoms with Crippen LogP contribution in [0.4, 0.5) is 33.7 Å². The molecule has 0 saturated carbocycles. The van der Waals surface area contributed by atoms with Gasteiger partial charge in [0.2, 0.25) is 0 Å². The largest absolute Gasteiger partial charge is 0.416 e. The van der Waals surface area contributed by atoms with Crippen LogP contribution in [0.1, 0.15) is 5.56 Å². The molecule has 0 heterocycles. The van der Waals surface area contributed by atoms with Crippen molar-refractivity contribution < 1.29 is 22.4 Å². The zero-order chi connectivity index (χ0) is 16.3. The van der Waals surface area contributed by atoms with Gasteiger partial charge in [-0.25, -0.2) is 9.18 Å². The van der Waals surface area contributed by atoms with E-state index in [1.807, 2.05) is 0 Å². The number of urea groups is 1. The SMILES string of the molecule is O=C(Nc1ccc(Cl)cc1)Nc1cc(F)cc(C(F)(F)F)c1. The molecule has 0 aliphatic carbocycles. The van der Waals surface area contributed by atoms with Gasteiger partial charge in [0, 0.05) is 16.4 Å². The van der Waals surface area contributed by atoms with E-state index in [-0.39, 0.29) is 5.69 Å². The second-order valence-electron chi connectivity index (χ2n) is 4.31. The van der Waals surface area contributed by atoms with Crippen LogP contribution in [-0.2, 0) is 6.18 Å². The maximum absolute atomic E-state index is 13.2. The van der Waals surface area contributed by atoms with E-state index >= 15 is 0 Å². The van der Waals surface area contributed by atoms with E-state index in [4.69, 9.17) is 11.6 Å². The van der Waals surface area contributed by atoms with Crippen LogP contribution in [-0.4, -0.2) is 6.03 Å². The van der Waals surface area contributed by atoms with E-state index in [1.54, 1.807) is 0 Å². The zero-order valence-electron chi connectivity index (χ0n) is 10.8. The Morgan fingerprint density at radius 1 is 0.955 bits per heavy atom. The Hall–Kier alpha value is -2.28. The molecule has 0 aromatic heterocycles. The summed E-state index contributed by atoms with van der Waals surface area (Å²) in [7, 11) is 0. The lowest BCUT2D eigenvalue weighted by atomic mass is 10.2. The van der Waals surface area contributed by atoms with Crippen molar-refractivity contribution in [3.63, 3.8) is 0 Å². The Bertz CT molecular complexity index is 686. The molecule has 116 valence electrons. The molecule has 2 aromatic carbocycles. The third kappa shape index (κ3) is 4.36. The predicted octanol–water partition coefficient (Wildman–Crippen LogP) is 5.14. The molecule has 0 fully saturated rings. The molecule has 2 rings (SSSR count). The fraction of sp³-hybridized carbons (Fsp3) is 0.0714. The van der Waals surface area contributed by atoms with Gasteiger partial charge in [-0.3, -0.25) is 0 Å². The summed E-state index contributed by atoms with van der Waals surface area (Å²) in [5.74, 6) is -1.10. The first-order valence-corrected chi connectivity index (χ1v) is 6.33. The first kappa shape index (κ1) is 16.1. The van der Waals surface area contributed by atoms with Crippen LogP contribution in [0, 0.1) is 5.82 Å². The average molecular weight is 333 g/mol. The van der Waals surface area contributed by atoms with Gasteiger partial charge in [0.1, 0.15) is 5.82 Å². The molecular formula is C14H9ClF4N2O. The summed E-state index contributed by atoms with van der Waals surface area (Å²) in [4.78, 5) is 11.7. The molecular weight excluding hydrogens is 324 g/mol. The summed E-state index contributed by atoms with van der Waals surface area (Å²) in [5, 5.41) is 4.98. The van der Waals surface area contributed by atoms with Crippen molar-refractivity contribution >= 4 is 29.0 Å². The molecule has 0 aliphatic rings. The number of hydrogen-bond donors (Lipinski definition) is 2. The highest BCUT2D eigenvalue weighted by Gasteiger charge is 2.31. The number of amides is 2. The fourth-order valence-corrected chi connectivity index (χ4v) is 1.78. The van der Waals surface area contributed by atoms with Gasteiger partial charge in [0.25, 0.3) is 0 Å². The van der Waals surface area contributed by atoms with Crippen molar-refractivity contribution in [3.8, 4) is 0 Å². The average Bonchev–Trinajstić information content (AvgIpc) is 2.39. The molecule has 0 bridgehead atoms. The third-order valence-corrected chi connectivity index (χ3v) is 2.84. The van der Waals surface area contributed by atoms with Crippen molar-refractivity contribution in [1.29, 1.82) is 0 Å². The molecule has 3 nitrogen and oxygen atoms in total. The second-order valence-corrected chi connectivity index (χ2v) is 4.75. The van der Waals surface area contributed by atoms with Crippen LogP contribution >= 0.6 is 11.6 Å². The number of carbonyl (C=O) groups excluding carboxylic acids is 1. The zero-order valence-corrected chi connectivity index (χ0v) is 11.6. The maximum atomic E-state index is 13.2. The number of nitrogens with one attached hydrogen (secondary N) is 2. The second kappa shape index (κ2) is 6.23. The lowest BCUT2D eigenvalue weighted by molar-refractivity contribution is -0.137. The Morgan fingerprint density at radius 2 is 1.55 bits per heavy atom. The van der Waals surface area contributed by atoms with Gasteiger partial charge in [0.05, 0.1) is 5.56 Å².